The Morgan fingerprint density at radius 2 is 2.13 bits per heavy atom. The Kier molecular flexibility index (Phi) is 4.50. The molecule has 0 bridgehead atoms. The van der Waals surface area contributed by atoms with E-state index in [2.05, 4.69) is 0 Å². The SMILES string of the molecule is CC(N)C(CO)Sc1ccc(F)cc1F. The molecule has 5 heteroatoms. The summed E-state index contributed by atoms with van der Waals surface area (Å²) in [4.78, 5) is 0.299. The van der Waals surface area contributed by atoms with Gasteiger partial charge in [-0.1, -0.05) is 0 Å². The molecule has 3 N–H and O–H groups in total. The first kappa shape index (κ1) is 12.4. The van der Waals surface area contributed by atoms with Crippen molar-refractivity contribution in [2.45, 2.75) is 23.1 Å². The van der Waals surface area contributed by atoms with Gasteiger partial charge in [-0.05, 0) is 19.1 Å². The highest BCUT2D eigenvalue weighted by molar-refractivity contribution is 8.00. The van der Waals surface area contributed by atoms with Crippen molar-refractivity contribution in [2.24, 2.45) is 5.73 Å². The van der Waals surface area contributed by atoms with E-state index in [1.165, 1.54) is 12.1 Å². The highest BCUT2D eigenvalue weighted by Gasteiger charge is 2.16. The van der Waals surface area contributed by atoms with Gasteiger partial charge >= 0.3 is 0 Å². The predicted molar refractivity (Wildman–Crippen MR) is 56.7 cm³/mol. The summed E-state index contributed by atoms with van der Waals surface area (Å²) in [6.45, 7) is 1.59. The Morgan fingerprint density at radius 3 is 2.60 bits per heavy atom. The van der Waals surface area contributed by atoms with Gasteiger partial charge in [0.1, 0.15) is 11.6 Å². The first-order valence-corrected chi connectivity index (χ1v) is 5.40. The predicted octanol–water partition coefficient (Wildman–Crippen LogP) is 1.77. The number of thioether (sulfide) groups is 1. The van der Waals surface area contributed by atoms with Crippen molar-refractivity contribution in [3.63, 3.8) is 0 Å². The van der Waals surface area contributed by atoms with E-state index in [1.54, 1.807) is 6.92 Å². The van der Waals surface area contributed by atoms with Crippen molar-refractivity contribution in [1.29, 1.82) is 0 Å². The van der Waals surface area contributed by atoms with Gasteiger partial charge in [0.25, 0.3) is 0 Å². The first-order chi connectivity index (χ1) is 7.04. The van der Waals surface area contributed by atoms with Crippen LogP contribution >= 0.6 is 11.8 Å². The summed E-state index contributed by atoms with van der Waals surface area (Å²) >= 11 is 1.12. The Labute approximate surface area is 91.5 Å². The number of rotatable bonds is 4. The number of hydrogen-bond acceptors (Lipinski definition) is 3. The van der Waals surface area contributed by atoms with Crippen molar-refractivity contribution < 1.29 is 13.9 Å². The second kappa shape index (κ2) is 5.44. The Hall–Kier alpha value is -0.650. The third-order valence-corrected chi connectivity index (χ3v) is 3.40. The summed E-state index contributed by atoms with van der Waals surface area (Å²) in [5.74, 6) is -1.24. The molecule has 2 nitrogen and oxygen atoms in total. The van der Waals surface area contributed by atoms with Crippen LogP contribution in [-0.2, 0) is 0 Å². The Morgan fingerprint density at radius 1 is 1.47 bits per heavy atom. The monoisotopic (exact) mass is 233 g/mol. The lowest BCUT2D eigenvalue weighted by Crippen LogP contribution is -2.31. The molecule has 0 aliphatic heterocycles. The van der Waals surface area contributed by atoms with Crippen LogP contribution in [0.25, 0.3) is 0 Å². The van der Waals surface area contributed by atoms with Gasteiger partial charge in [0.05, 0.1) is 6.61 Å². The molecule has 0 radical (unpaired) electrons. The van der Waals surface area contributed by atoms with Crippen molar-refractivity contribution in [1.82, 2.24) is 0 Å². The minimum Gasteiger partial charge on any atom is -0.395 e. The first-order valence-electron chi connectivity index (χ1n) is 4.52. The number of aliphatic hydroxyl groups is 1. The largest absolute Gasteiger partial charge is 0.395 e. The second-order valence-corrected chi connectivity index (χ2v) is 4.55. The molecule has 84 valence electrons. The van der Waals surface area contributed by atoms with Crippen LogP contribution < -0.4 is 5.73 Å². The average molecular weight is 233 g/mol. The molecular formula is C10H13F2NOS. The molecule has 0 heterocycles. The van der Waals surface area contributed by atoms with E-state index in [-0.39, 0.29) is 17.9 Å². The van der Waals surface area contributed by atoms with E-state index >= 15 is 0 Å². The van der Waals surface area contributed by atoms with Gasteiger partial charge in [-0.25, -0.2) is 8.78 Å². The van der Waals surface area contributed by atoms with Gasteiger partial charge in [-0.3, -0.25) is 0 Å². The lowest BCUT2D eigenvalue weighted by atomic mass is 10.3. The fourth-order valence-corrected chi connectivity index (χ4v) is 1.98. The van der Waals surface area contributed by atoms with E-state index in [0.29, 0.717) is 4.90 Å². The molecule has 0 aliphatic rings. The van der Waals surface area contributed by atoms with Crippen LogP contribution in [0.5, 0.6) is 0 Å². The van der Waals surface area contributed by atoms with Crippen LogP contribution in [-0.4, -0.2) is 23.0 Å². The van der Waals surface area contributed by atoms with Gasteiger partial charge in [0, 0.05) is 22.3 Å². The summed E-state index contributed by atoms with van der Waals surface area (Å²) in [6.07, 6.45) is 0. The Balaban J connectivity index is 2.79. The van der Waals surface area contributed by atoms with Crippen molar-refractivity contribution in [3.8, 4) is 0 Å². The van der Waals surface area contributed by atoms with Crippen LogP contribution in [0.15, 0.2) is 23.1 Å². The summed E-state index contributed by atoms with van der Waals surface area (Å²) in [5, 5.41) is 8.72. The van der Waals surface area contributed by atoms with E-state index in [9.17, 15) is 8.78 Å². The number of benzene rings is 1. The van der Waals surface area contributed by atoms with Gasteiger partial charge in [0.15, 0.2) is 0 Å². The number of nitrogens with two attached hydrogens (primary N) is 1. The van der Waals surface area contributed by atoms with Crippen LogP contribution in [0.2, 0.25) is 0 Å². The third kappa shape index (κ3) is 3.44. The smallest absolute Gasteiger partial charge is 0.139 e. The lowest BCUT2D eigenvalue weighted by Gasteiger charge is -2.17. The van der Waals surface area contributed by atoms with Crippen LogP contribution in [0, 0.1) is 11.6 Å². The van der Waals surface area contributed by atoms with Gasteiger partial charge in [-0.2, -0.15) is 0 Å². The molecule has 0 spiro atoms. The maximum absolute atomic E-state index is 13.2. The molecule has 0 saturated heterocycles. The molecule has 0 aromatic heterocycles. The molecule has 2 unspecified atom stereocenters. The second-order valence-electron chi connectivity index (χ2n) is 3.27. The summed E-state index contributed by atoms with van der Waals surface area (Å²) in [7, 11) is 0. The minimum atomic E-state index is -0.626. The van der Waals surface area contributed by atoms with E-state index in [4.69, 9.17) is 10.8 Å². The number of aliphatic hydroxyl groups excluding tert-OH is 1. The zero-order valence-electron chi connectivity index (χ0n) is 8.28. The van der Waals surface area contributed by atoms with Crippen LogP contribution in [0.1, 0.15) is 6.92 Å². The highest BCUT2D eigenvalue weighted by Crippen LogP contribution is 2.27. The average Bonchev–Trinajstić information content (AvgIpc) is 2.16. The topological polar surface area (TPSA) is 46.2 Å². The molecule has 0 amide bonds. The van der Waals surface area contributed by atoms with Gasteiger partial charge in [-0.15, -0.1) is 11.8 Å². The molecule has 0 aliphatic carbocycles. The van der Waals surface area contributed by atoms with E-state index < -0.39 is 11.6 Å². The van der Waals surface area contributed by atoms with Crippen molar-refractivity contribution in [2.75, 3.05) is 6.61 Å². The molecule has 1 rings (SSSR count). The number of halogens is 2. The molecule has 0 saturated carbocycles. The summed E-state index contributed by atoms with van der Waals surface area (Å²) in [5.41, 5.74) is 5.60. The minimum absolute atomic E-state index is 0.140. The fourth-order valence-electron chi connectivity index (χ4n) is 1.04. The van der Waals surface area contributed by atoms with Crippen molar-refractivity contribution in [3.05, 3.63) is 29.8 Å². The molecule has 0 fully saturated rings. The van der Waals surface area contributed by atoms with E-state index in [1.807, 2.05) is 0 Å². The number of hydrogen-bond donors (Lipinski definition) is 2. The van der Waals surface area contributed by atoms with Gasteiger partial charge in [0.2, 0.25) is 0 Å². The maximum atomic E-state index is 13.2. The maximum Gasteiger partial charge on any atom is 0.139 e. The van der Waals surface area contributed by atoms with E-state index in [0.717, 1.165) is 17.8 Å². The third-order valence-electron chi connectivity index (χ3n) is 1.94. The Bertz CT molecular complexity index is 333. The van der Waals surface area contributed by atoms with Crippen LogP contribution in [0.3, 0.4) is 0 Å². The summed E-state index contributed by atoms with van der Waals surface area (Å²) in [6, 6.07) is 3.09. The normalized spacial score (nSPS) is 15.0. The molecule has 15 heavy (non-hydrogen) atoms. The molecule has 1 aromatic rings. The molecule has 1 aromatic carbocycles. The standard InChI is InChI=1S/C10H13F2NOS/c1-6(13)10(5-14)15-9-3-2-7(11)4-8(9)12/h2-4,6,10,14H,5,13H2,1H3. The fraction of sp³-hybridized carbons (Fsp3) is 0.400. The lowest BCUT2D eigenvalue weighted by molar-refractivity contribution is 0.285. The van der Waals surface area contributed by atoms with Crippen molar-refractivity contribution >= 4 is 11.8 Å². The van der Waals surface area contributed by atoms with Crippen LogP contribution in [0.4, 0.5) is 8.78 Å². The highest BCUT2D eigenvalue weighted by atomic mass is 32.2. The molecule has 2 atom stereocenters. The summed E-state index contributed by atoms with van der Waals surface area (Å²) < 4.78 is 25.8. The quantitative estimate of drug-likeness (QED) is 0.779. The zero-order chi connectivity index (χ0) is 11.4. The molecular weight excluding hydrogens is 220 g/mol. The zero-order valence-corrected chi connectivity index (χ0v) is 9.10. The van der Waals surface area contributed by atoms with Gasteiger partial charge < -0.3 is 10.8 Å².